The highest BCUT2D eigenvalue weighted by atomic mass is 32.1. The number of nitrogens with two attached hydrogens (primary N) is 1. The zero-order valence-electron chi connectivity index (χ0n) is 11.6. The van der Waals surface area contributed by atoms with E-state index in [9.17, 15) is 22.4 Å². The normalized spacial score (nSPS) is 16.6. The molecule has 3 N–H and O–H groups in total. The molecule has 2 aromatic rings. The summed E-state index contributed by atoms with van der Waals surface area (Å²) in [6.45, 7) is 0.0557. The van der Waals surface area contributed by atoms with Gasteiger partial charge in [0.1, 0.15) is 0 Å². The molecule has 1 aliphatic rings. The van der Waals surface area contributed by atoms with Gasteiger partial charge in [0.15, 0.2) is 28.0 Å². The second-order valence-electron chi connectivity index (χ2n) is 5.39. The molecule has 0 fully saturated rings. The van der Waals surface area contributed by atoms with Gasteiger partial charge in [0.05, 0.1) is 6.42 Å². The number of aromatic amines is 1. The van der Waals surface area contributed by atoms with Crippen LogP contribution in [-0.2, 0) is 24.2 Å². The van der Waals surface area contributed by atoms with Gasteiger partial charge < -0.3 is 15.3 Å². The highest BCUT2D eigenvalue weighted by Gasteiger charge is 2.33. The average Bonchev–Trinajstić information content (AvgIpc) is 2.99. The third kappa shape index (κ3) is 2.54. The van der Waals surface area contributed by atoms with Crippen molar-refractivity contribution in [1.82, 2.24) is 9.55 Å². The van der Waals surface area contributed by atoms with Crippen molar-refractivity contribution in [3.8, 4) is 0 Å². The summed E-state index contributed by atoms with van der Waals surface area (Å²) in [5.41, 5.74) is 5.50. The Morgan fingerprint density at radius 3 is 2.48 bits per heavy atom. The van der Waals surface area contributed by atoms with Crippen LogP contribution in [0, 0.1) is 28.0 Å². The lowest BCUT2D eigenvalue weighted by molar-refractivity contribution is -0.117. The number of hydrogen-bond donors (Lipinski definition) is 2. The summed E-state index contributed by atoms with van der Waals surface area (Å²) >= 11 is 5.09. The van der Waals surface area contributed by atoms with E-state index in [-0.39, 0.29) is 30.2 Å². The third-order valence-corrected chi connectivity index (χ3v) is 4.25. The molecule has 1 aromatic heterocycles. The fraction of sp³-hybridized carbons (Fsp3) is 0.286. The second-order valence-corrected chi connectivity index (χ2v) is 5.78. The van der Waals surface area contributed by atoms with Gasteiger partial charge in [-0.15, -0.1) is 0 Å². The maximum Gasteiger partial charge on any atom is 0.223 e. The van der Waals surface area contributed by atoms with E-state index in [1.807, 2.05) is 0 Å². The molecule has 0 saturated heterocycles. The van der Waals surface area contributed by atoms with E-state index in [4.69, 9.17) is 18.0 Å². The van der Waals surface area contributed by atoms with Crippen LogP contribution in [-0.4, -0.2) is 15.5 Å². The van der Waals surface area contributed by atoms with Crippen LogP contribution in [0.25, 0.3) is 0 Å². The Morgan fingerprint density at radius 1 is 1.30 bits per heavy atom. The fourth-order valence-corrected chi connectivity index (χ4v) is 3.27. The largest absolute Gasteiger partial charge is 0.369 e. The van der Waals surface area contributed by atoms with E-state index in [0.717, 1.165) is 0 Å². The minimum Gasteiger partial charge on any atom is -0.369 e. The summed E-state index contributed by atoms with van der Waals surface area (Å²) in [5, 5.41) is 0. The molecular formula is C14H11F4N3OS. The van der Waals surface area contributed by atoms with Gasteiger partial charge in [-0.05, 0) is 18.6 Å². The predicted octanol–water partition coefficient (Wildman–Crippen LogP) is 2.47. The lowest BCUT2D eigenvalue weighted by Crippen LogP contribution is -2.15. The molecular weight excluding hydrogens is 334 g/mol. The molecule has 0 bridgehead atoms. The molecule has 3 rings (SSSR count). The number of primary amides is 1. The predicted molar refractivity (Wildman–Crippen MR) is 75.2 cm³/mol. The van der Waals surface area contributed by atoms with E-state index >= 15 is 0 Å². The summed E-state index contributed by atoms with van der Waals surface area (Å²) in [6, 6.07) is 0.175. The van der Waals surface area contributed by atoms with Crippen molar-refractivity contribution < 1.29 is 22.4 Å². The number of halogens is 4. The molecule has 1 aliphatic heterocycles. The van der Waals surface area contributed by atoms with E-state index < -0.39 is 40.7 Å². The highest BCUT2D eigenvalue weighted by molar-refractivity contribution is 7.71. The van der Waals surface area contributed by atoms with Crippen LogP contribution in [0.15, 0.2) is 6.07 Å². The number of nitrogens with one attached hydrogen (secondary N) is 1. The smallest absolute Gasteiger partial charge is 0.223 e. The van der Waals surface area contributed by atoms with Gasteiger partial charge in [0, 0.05) is 35.5 Å². The first-order chi connectivity index (χ1) is 10.8. The first kappa shape index (κ1) is 15.7. The van der Waals surface area contributed by atoms with Crippen molar-refractivity contribution in [2.24, 2.45) is 5.73 Å². The molecule has 0 aliphatic carbocycles. The van der Waals surface area contributed by atoms with Crippen LogP contribution in [0.3, 0.4) is 0 Å². The molecule has 1 atom stereocenters. The minimum atomic E-state index is -1.45. The monoisotopic (exact) mass is 345 g/mol. The number of carbonyl (C=O) groups is 1. The van der Waals surface area contributed by atoms with Gasteiger partial charge in [-0.2, -0.15) is 0 Å². The Balaban J connectivity index is 2.04. The van der Waals surface area contributed by atoms with Crippen molar-refractivity contribution in [1.29, 1.82) is 0 Å². The number of carbonyl (C=O) groups excluding carboxylic acids is 1. The fourth-order valence-electron chi connectivity index (χ4n) is 2.96. The second kappa shape index (κ2) is 5.48. The molecule has 9 heteroatoms. The molecule has 0 saturated carbocycles. The molecule has 2 heterocycles. The van der Waals surface area contributed by atoms with Crippen molar-refractivity contribution in [3.05, 3.63) is 51.1 Å². The lowest BCUT2D eigenvalue weighted by atomic mass is 9.94. The number of aromatic nitrogens is 2. The first-order valence-electron chi connectivity index (χ1n) is 6.71. The van der Waals surface area contributed by atoms with Gasteiger partial charge >= 0.3 is 0 Å². The van der Waals surface area contributed by atoms with Crippen LogP contribution in [0.1, 0.15) is 22.9 Å². The highest BCUT2D eigenvalue weighted by Crippen LogP contribution is 2.36. The van der Waals surface area contributed by atoms with Crippen LogP contribution in [0.2, 0.25) is 0 Å². The van der Waals surface area contributed by atoms with Crippen molar-refractivity contribution in [2.75, 3.05) is 0 Å². The number of nitrogens with zero attached hydrogens (tertiary/aromatic N) is 1. The van der Waals surface area contributed by atoms with Crippen molar-refractivity contribution in [3.63, 3.8) is 0 Å². The molecule has 0 spiro atoms. The van der Waals surface area contributed by atoms with E-state index in [2.05, 4.69) is 4.98 Å². The first-order valence-corrected chi connectivity index (χ1v) is 7.12. The van der Waals surface area contributed by atoms with Gasteiger partial charge in [0.2, 0.25) is 5.91 Å². The molecule has 1 amide bonds. The van der Waals surface area contributed by atoms with Gasteiger partial charge in [0.25, 0.3) is 0 Å². The van der Waals surface area contributed by atoms with Crippen LogP contribution >= 0.6 is 12.2 Å². The quantitative estimate of drug-likeness (QED) is 0.510. The topological polar surface area (TPSA) is 63.8 Å². The summed E-state index contributed by atoms with van der Waals surface area (Å²) in [4.78, 5) is 13.9. The zero-order chi connectivity index (χ0) is 16.9. The SMILES string of the molecule is NC(=O)Cc1[nH]c(=S)n2c1C[C@H](c1c(F)c(F)cc(F)c1F)C2. The lowest BCUT2D eigenvalue weighted by Gasteiger charge is -2.13. The van der Waals surface area contributed by atoms with Crippen molar-refractivity contribution in [2.45, 2.75) is 25.3 Å². The minimum absolute atomic E-state index is 0.0557. The summed E-state index contributed by atoms with van der Waals surface area (Å²) in [7, 11) is 0. The molecule has 0 radical (unpaired) electrons. The summed E-state index contributed by atoms with van der Waals surface area (Å²) in [5.74, 6) is -7.13. The summed E-state index contributed by atoms with van der Waals surface area (Å²) in [6.07, 6.45) is -0.0202. The molecule has 0 unspecified atom stereocenters. The Morgan fingerprint density at radius 2 is 1.91 bits per heavy atom. The molecule has 122 valence electrons. The Bertz CT molecular complexity index is 848. The third-order valence-electron chi connectivity index (χ3n) is 3.92. The number of fused-ring (bicyclic) bond motifs is 1. The Kier molecular flexibility index (Phi) is 3.75. The summed E-state index contributed by atoms with van der Waals surface area (Å²) < 4.78 is 56.5. The van der Waals surface area contributed by atoms with Crippen LogP contribution in [0.5, 0.6) is 0 Å². The zero-order valence-corrected chi connectivity index (χ0v) is 12.4. The number of rotatable bonds is 3. The maximum absolute atomic E-state index is 13.9. The number of hydrogen-bond acceptors (Lipinski definition) is 2. The van der Waals surface area contributed by atoms with Gasteiger partial charge in [-0.1, -0.05) is 0 Å². The molecule has 23 heavy (non-hydrogen) atoms. The molecule has 1 aromatic carbocycles. The van der Waals surface area contributed by atoms with E-state index in [1.165, 1.54) is 0 Å². The van der Waals surface area contributed by atoms with Gasteiger partial charge in [-0.25, -0.2) is 17.6 Å². The number of benzene rings is 1. The number of imidazole rings is 1. The van der Waals surface area contributed by atoms with Crippen LogP contribution in [0.4, 0.5) is 17.6 Å². The van der Waals surface area contributed by atoms with E-state index in [1.54, 1.807) is 4.57 Å². The van der Waals surface area contributed by atoms with E-state index in [0.29, 0.717) is 11.4 Å². The molecule has 4 nitrogen and oxygen atoms in total. The Labute approximate surface area is 132 Å². The average molecular weight is 345 g/mol. The maximum atomic E-state index is 13.9. The van der Waals surface area contributed by atoms with Gasteiger partial charge in [-0.3, -0.25) is 4.79 Å². The Hall–Kier alpha value is -2.16. The van der Waals surface area contributed by atoms with Crippen LogP contribution < -0.4 is 5.73 Å². The van der Waals surface area contributed by atoms with Crippen molar-refractivity contribution >= 4 is 18.1 Å². The standard InChI is InChI=1S/C14H11F4N3OS/c15-6-2-7(16)13(18)11(12(6)17)5-1-9-8(3-10(19)22)20-14(23)21(9)4-5/h2,5H,1,3-4H2,(H2,19,22)(H,20,23)/t5-/m0/s1. The number of H-pyrrole nitrogens is 1. The number of amides is 1.